The maximum absolute atomic E-state index is 12.9. The summed E-state index contributed by atoms with van der Waals surface area (Å²) in [5.41, 5.74) is -0.134. The van der Waals surface area contributed by atoms with E-state index in [1.54, 1.807) is 6.92 Å². The van der Waals surface area contributed by atoms with Crippen LogP contribution in [0.25, 0.3) is 0 Å². The molecular weight excluding hydrogens is 346 g/mol. The highest BCUT2D eigenvalue weighted by Gasteiger charge is 2.33. The summed E-state index contributed by atoms with van der Waals surface area (Å²) in [5, 5.41) is 23.4. The summed E-state index contributed by atoms with van der Waals surface area (Å²) < 4.78 is 27.2. The first-order chi connectivity index (χ1) is 11.6. The molecule has 1 aliphatic heterocycles. The summed E-state index contributed by atoms with van der Waals surface area (Å²) in [7, 11) is -3.78. The number of benzene rings is 1. The van der Waals surface area contributed by atoms with Crippen molar-refractivity contribution in [3.8, 4) is 0 Å². The van der Waals surface area contributed by atoms with Gasteiger partial charge in [-0.25, -0.2) is 8.42 Å². The van der Waals surface area contributed by atoms with Crippen molar-refractivity contribution in [2.24, 2.45) is 11.8 Å². The quantitative estimate of drug-likeness (QED) is 0.584. The number of aliphatic hydroxyl groups is 1. The summed E-state index contributed by atoms with van der Waals surface area (Å²) in [5.74, 6) is 0.501. The smallest absolute Gasteiger partial charge is 0.293 e. The largest absolute Gasteiger partial charge is 0.392 e. The zero-order chi connectivity index (χ0) is 18.8. The average molecular weight is 371 g/mol. The van der Waals surface area contributed by atoms with Crippen molar-refractivity contribution in [3.05, 3.63) is 28.3 Å². The third kappa shape index (κ3) is 4.68. The lowest BCUT2D eigenvalue weighted by Crippen LogP contribution is -2.42. The summed E-state index contributed by atoms with van der Waals surface area (Å²) >= 11 is 0. The molecule has 0 spiro atoms. The number of nitro benzene ring substituents is 1. The number of anilines is 1. The van der Waals surface area contributed by atoms with E-state index in [-0.39, 0.29) is 34.7 Å². The Labute approximate surface area is 148 Å². The Balaban J connectivity index is 2.34. The van der Waals surface area contributed by atoms with Gasteiger partial charge in [0.25, 0.3) is 5.69 Å². The van der Waals surface area contributed by atoms with Gasteiger partial charge < -0.3 is 10.4 Å². The minimum atomic E-state index is -3.78. The maximum atomic E-state index is 12.9. The van der Waals surface area contributed by atoms with Crippen molar-refractivity contribution in [2.45, 2.75) is 38.2 Å². The predicted octanol–water partition coefficient (Wildman–Crippen LogP) is 2.05. The molecule has 3 atom stereocenters. The molecule has 0 aliphatic carbocycles. The topological polar surface area (TPSA) is 113 Å². The lowest BCUT2D eigenvalue weighted by atomic mass is 9.94. The molecule has 140 valence electrons. The second kappa shape index (κ2) is 7.67. The second-order valence-corrected chi connectivity index (χ2v) is 8.87. The van der Waals surface area contributed by atoms with Crippen LogP contribution < -0.4 is 5.32 Å². The zero-order valence-electron chi connectivity index (χ0n) is 14.7. The first-order valence-electron chi connectivity index (χ1n) is 8.31. The van der Waals surface area contributed by atoms with Gasteiger partial charge >= 0.3 is 0 Å². The number of rotatable bonds is 6. The van der Waals surface area contributed by atoms with Gasteiger partial charge in [-0.1, -0.05) is 13.8 Å². The van der Waals surface area contributed by atoms with Crippen molar-refractivity contribution in [1.29, 1.82) is 0 Å². The van der Waals surface area contributed by atoms with Crippen LogP contribution in [0.2, 0.25) is 0 Å². The van der Waals surface area contributed by atoms with E-state index in [2.05, 4.69) is 5.32 Å². The minimum absolute atomic E-state index is 0.0805. The van der Waals surface area contributed by atoms with Gasteiger partial charge in [-0.2, -0.15) is 4.31 Å². The van der Waals surface area contributed by atoms with Crippen LogP contribution in [0.4, 0.5) is 11.4 Å². The highest BCUT2D eigenvalue weighted by atomic mass is 32.2. The molecule has 2 N–H and O–H groups in total. The van der Waals surface area contributed by atoms with Gasteiger partial charge in [0.2, 0.25) is 10.0 Å². The highest BCUT2D eigenvalue weighted by molar-refractivity contribution is 7.89. The molecule has 0 amide bonds. The molecule has 1 aliphatic rings. The Morgan fingerprint density at radius 1 is 1.36 bits per heavy atom. The number of nitrogens with zero attached hydrogens (tertiary/aromatic N) is 2. The number of sulfonamides is 1. The van der Waals surface area contributed by atoms with E-state index in [0.29, 0.717) is 13.1 Å². The molecule has 0 saturated carbocycles. The molecule has 0 bridgehead atoms. The Bertz CT molecular complexity index is 725. The first-order valence-corrected chi connectivity index (χ1v) is 9.75. The molecule has 1 aromatic rings. The molecule has 8 nitrogen and oxygen atoms in total. The molecule has 0 aromatic heterocycles. The van der Waals surface area contributed by atoms with Crippen LogP contribution in [0.3, 0.4) is 0 Å². The van der Waals surface area contributed by atoms with Gasteiger partial charge in [-0.15, -0.1) is 0 Å². The van der Waals surface area contributed by atoms with E-state index in [0.717, 1.165) is 12.5 Å². The number of aliphatic hydroxyl groups excluding tert-OH is 1. The number of hydrogen-bond donors (Lipinski definition) is 2. The van der Waals surface area contributed by atoms with Gasteiger partial charge in [-0.3, -0.25) is 10.1 Å². The van der Waals surface area contributed by atoms with Crippen LogP contribution in [-0.2, 0) is 10.0 Å². The molecule has 0 unspecified atom stereocenters. The normalized spacial score (nSPS) is 23.2. The zero-order valence-corrected chi connectivity index (χ0v) is 15.5. The van der Waals surface area contributed by atoms with Gasteiger partial charge in [0, 0.05) is 25.7 Å². The molecule has 25 heavy (non-hydrogen) atoms. The maximum Gasteiger partial charge on any atom is 0.293 e. The summed E-state index contributed by atoms with van der Waals surface area (Å²) in [4.78, 5) is 10.6. The molecule has 0 radical (unpaired) electrons. The van der Waals surface area contributed by atoms with Crippen LogP contribution in [0, 0.1) is 22.0 Å². The fourth-order valence-corrected chi connectivity index (χ4v) is 4.88. The Kier molecular flexibility index (Phi) is 6.02. The Morgan fingerprint density at radius 2 is 1.96 bits per heavy atom. The summed E-state index contributed by atoms with van der Waals surface area (Å²) in [6, 6.07) is 3.84. The molecule has 1 saturated heterocycles. The SMILES string of the molecule is C[C@H]1C[C@H](C)CN(S(=O)(=O)c2ccc(NC[C@H](C)O)c([N+](=O)[O-])c2)C1. The van der Waals surface area contributed by atoms with E-state index < -0.39 is 21.1 Å². The molecule has 1 fully saturated rings. The minimum Gasteiger partial charge on any atom is -0.392 e. The fourth-order valence-electron chi connectivity index (χ4n) is 3.18. The standard InChI is InChI=1S/C16H25N3O5S/c1-11-6-12(2)10-18(9-11)25(23,24)14-4-5-15(17-8-13(3)20)16(7-14)19(21)22/h4-5,7,11-13,17,20H,6,8-10H2,1-3H3/t11-,12-,13-/m0/s1. The highest BCUT2D eigenvalue weighted by Crippen LogP contribution is 2.31. The third-order valence-corrected chi connectivity index (χ3v) is 6.05. The number of hydrogen-bond acceptors (Lipinski definition) is 6. The first kappa shape index (κ1) is 19.6. The van der Waals surface area contributed by atoms with Crippen molar-refractivity contribution >= 4 is 21.4 Å². The second-order valence-electron chi connectivity index (χ2n) is 6.93. The molecule has 9 heteroatoms. The van der Waals surface area contributed by atoms with E-state index in [9.17, 15) is 23.6 Å². The van der Waals surface area contributed by atoms with Crippen LogP contribution in [-0.4, -0.2) is 48.5 Å². The lowest BCUT2D eigenvalue weighted by Gasteiger charge is -2.34. The van der Waals surface area contributed by atoms with Crippen molar-refractivity contribution < 1.29 is 18.4 Å². The van der Waals surface area contributed by atoms with Gasteiger partial charge in [0.15, 0.2) is 0 Å². The fraction of sp³-hybridized carbons (Fsp3) is 0.625. The number of nitrogens with one attached hydrogen (secondary N) is 1. The number of nitro groups is 1. The van der Waals surface area contributed by atoms with Gasteiger partial charge in [-0.05, 0) is 37.3 Å². The monoisotopic (exact) mass is 371 g/mol. The van der Waals surface area contributed by atoms with E-state index >= 15 is 0 Å². The summed E-state index contributed by atoms with van der Waals surface area (Å²) in [6.07, 6.45) is 0.285. The van der Waals surface area contributed by atoms with Crippen LogP contribution >= 0.6 is 0 Å². The van der Waals surface area contributed by atoms with Crippen LogP contribution in [0.1, 0.15) is 27.2 Å². The lowest BCUT2D eigenvalue weighted by molar-refractivity contribution is -0.384. The van der Waals surface area contributed by atoms with Gasteiger partial charge in [0.05, 0.1) is 15.9 Å². The average Bonchev–Trinajstić information content (AvgIpc) is 2.51. The molecular formula is C16H25N3O5S. The van der Waals surface area contributed by atoms with E-state index in [4.69, 9.17) is 0 Å². The van der Waals surface area contributed by atoms with E-state index in [1.807, 2.05) is 13.8 Å². The summed E-state index contributed by atoms with van der Waals surface area (Å²) in [6.45, 7) is 6.53. The van der Waals surface area contributed by atoms with Crippen molar-refractivity contribution in [1.82, 2.24) is 4.31 Å². The van der Waals surface area contributed by atoms with Crippen molar-refractivity contribution in [2.75, 3.05) is 25.0 Å². The van der Waals surface area contributed by atoms with Gasteiger partial charge in [0.1, 0.15) is 5.69 Å². The third-order valence-electron chi connectivity index (χ3n) is 4.23. The van der Waals surface area contributed by atoms with Crippen LogP contribution in [0.15, 0.2) is 23.1 Å². The molecule has 1 aromatic carbocycles. The van der Waals surface area contributed by atoms with E-state index in [1.165, 1.54) is 16.4 Å². The Hall–Kier alpha value is -1.71. The molecule has 2 rings (SSSR count). The van der Waals surface area contributed by atoms with Crippen molar-refractivity contribution in [3.63, 3.8) is 0 Å². The van der Waals surface area contributed by atoms with Crippen LogP contribution in [0.5, 0.6) is 0 Å². The predicted molar refractivity (Wildman–Crippen MR) is 95.0 cm³/mol. The Morgan fingerprint density at radius 3 is 2.48 bits per heavy atom. The number of piperidine rings is 1. The molecule has 1 heterocycles.